The molecule has 1 heterocycles. The first-order valence-electron chi connectivity index (χ1n) is 9.78. The molecule has 160 valence electrons. The van der Waals surface area contributed by atoms with Crippen LogP contribution in [0.1, 0.15) is 24.0 Å². The van der Waals surface area contributed by atoms with Gasteiger partial charge >= 0.3 is 0 Å². The van der Waals surface area contributed by atoms with E-state index in [0.29, 0.717) is 12.2 Å². The van der Waals surface area contributed by atoms with E-state index < -0.39 is 0 Å². The Morgan fingerprint density at radius 3 is 2.21 bits per heavy atom. The van der Waals surface area contributed by atoms with Gasteiger partial charge in [0.1, 0.15) is 11.6 Å². The molecule has 0 radical (unpaired) electrons. The minimum atomic E-state index is -0.212. The molecule has 6 heteroatoms. The van der Waals surface area contributed by atoms with Gasteiger partial charge in [-0.25, -0.2) is 4.39 Å². The lowest BCUT2D eigenvalue weighted by molar-refractivity contribution is 0.150. The second-order valence-corrected chi connectivity index (χ2v) is 7.09. The van der Waals surface area contributed by atoms with Crippen LogP contribution in [0.3, 0.4) is 0 Å². The molecule has 0 atom stereocenters. The maximum atomic E-state index is 13.8. The lowest BCUT2D eigenvalue weighted by Gasteiger charge is -2.32. The molecule has 1 saturated heterocycles. The second kappa shape index (κ2) is 13.6. The summed E-state index contributed by atoms with van der Waals surface area (Å²) in [5, 5.41) is 0. The molecule has 0 unspecified atom stereocenters. The molecule has 3 nitrogen and oxygen atoms in total. The lowest BCUT2D eigenvalue weighted by Crippen LogP contribution is -2.44. The third-order valence-electron chi connectivity index (χ3n) is 4.99. The van der Waals surface area contributed by atoms with Crippen LogP contribution in [0, 0.1) is 5.82 Å². The fourth-order valence-electron chi connectivity index (χ4n) is 3.23. The average molecular weight is 441 g/mol. The number of benzene rings is 2. The molecule has 0 bridgehead atoms. The number of unbranched alkanes of at least 4 members (excludes halogenated alkanes) is 1. The van der Waals surface area contributed by atoms with E-state index in [1.165, 1.54) is 19.2 Å². The number of para-hydroxylation sites is 1. The summed E-state index contributed by atoms with van der Waals surface area (Å²) in [5.41, 5.74) is 1.55. The quantitative estimate of drug-likeness (QED) is 0.411. The third-order valence-corrected chi connectivity index (χ3v) is 4.99. The Labute approximate surface area is 186 Å². The summed E-state index contributed by atoms with van der Waals surface area (Å²) in [6.45, 7) is 6.52. The van der Waals surface area contributed by atoms with Gasteiger partial charge < -0.3 is 14.5 Å². The zero-order valence-electron chi connectivity index (χ0n) is 16.9. The summed E-state index contributed by atoms with van der Waals surface area (Å²) in [5.74, 6) is 0.640. The Morgan fingerprint density at radius 2 is 1.48 bits per heavy atom. The highest BCUT2D eigenvalue weighted by Crippen LogP contribution is 2.21. The topological polar surface area (TPSA) is 15.7 Å². The number of halogens is 3. The Hall–Kier alpha value is -1.59. The molecule has 2 aromatic rings. The van der Waals surface area contributed by atoms with Gasteiger partial charge in [-0.3, -0.25) is 0 Å². The van der Waals surface area contributed by atoms with Crippen LogP contribution in [0.25, 0.3) is 12.2 Å². The molecule has 1 fully saturated rings. The van der Waals surface area contributed by atoms with Crippen LogP contribution in [-0.4, -0.2) is 56.2 Å². The molecule has 3 rings (SSSR count). The van der Waals surface area contributed by atoms with Crippen molar-refractivity contribution in [2.24, 2.45) is 0 Å². The second-order valence-electron chi connectivity index (χ2n) is 7.09. The molecule has 0 amide bonds. The van der Waals surface area contributed by atoms with Crippen LogP contribution in [-0.2, 0) is 0 Å². The number of likely N-dealkylation sites (N-methyl/N-ethyl adjacent to an activating group) is 1. The summed E-state index contributed by atoms with van der Waals surface area (Å²) in [7, 11) is 2.18. The Morgan fingerprint density at radius 1 is 0.862 bits per heavy atom. The number of rotatable bonds is 8. The minimum Gasteiger partial charge on any atom is -0.493 e. The highest BCUT2D eigenvalue weighted by molar-refractivity contribution is 5.85. The van der Waals surface area contributed by atoms with E-state index in [9.17, 15) is 4.39 Å². The van der Waals surface area contributed by atoms with Crippen LogP contribution in [0.15, 0.2) is 48.5 Å². The molecule has 0 aliphatic carbocycles. The summed E-state index contributed by atoms with van der Waals surface area (Å²) in [4.78, 5) is 4.91. The van der Waals surface area contributed by atoms with Gasteiger partial charge in [0, 0.05) is 37.3 Å². The maximum absolute atomic E-state index is 13.8. The molecule has 29 heavy (non-hydrogen) atoms. The lowest BCUT2D eigenvalue weighted by atomic mass is 10.1. The molecule has 0 spiro atoms. The van der Waals surface area contributed by atoms with Gasteiger partial charge in [-0.15, -0.1) is 24.8 Å². The van der Waals surface area contributed by atoms with Crippen LogP contribution < -0.4 is 4.74 Å². The summed E-state index contributed by atoms with van der Waals surface area (Å²) in [6.07, 6.45) is 5.90. The largest absolute Gasteiger partial charge is 0.493 e. The van der Waals surface area contributed by atoms with Crippen molar-refractivity contribution >= 4 is 37.0 Å². The molecule has 2 aromatic carbocycles. The Bertz CT molecular complexity index is 749. The van der Waals surface area contributed by atoms with Crippen molar-refractivity contribution in [1.29, 1.82) is 0 Å². The van der Waals surface area contributed by atoms with E-state index in [1.807, 2.05) is 36.4 Å². The van der Waals surface area contributed by atoms with Crippen molar-refractivity contribution in [2.45, 2.75) is 12.8 Å². The normalized spacial score (nSPS) is 15.0. The van der Waals surface area contributed by atoms with E-state index in [-0.39, 0.29) is 30.6 Å². The van der Waals surface area contributed by atoms with Gasteiger partial charge in [-0.1, -0.05) is 48.6 Å². The van der Waals surface area contributed by atoms with Gasteiger partial charge in [0.2, 0.25) is 0 Å². The van der Waals surface area contributed by atoms with Gasteiger partial charge in [-0.2, -0.15) is 0 Å². The Kier molecular flexibility index (Phi) is 11.9. The van der Waals surface area contributed by atoms with Gasteiger partial charge in [0.05, 0.1) is 6.61 Å². The minimum absolute atomic E-state index is 0. The summed E-state index contributed by atoms with van der Waals surface area (Å²) in [6, 6.07) is 14.7. The van der Waals surface area contributed by atoms with E-state index in [1.54, 1.807) is 18.2 Å². The van der Waals surface area contributed by atoms with Crippen molar-refractivity contribution in [3.63, 3.8) is 0 Å². The standard InChI is InChI=1S/C23H29FN2O.2ClH/c1-25-15-17-26(18-16-25)14-6-7-19-27-23-11-5-3-9-21(23)13-12-20-8-2-4-10-22(20)24;;/h2-5,8-13H,6-7,14-19H2,1H3;2*1H/b13-12+;;. The summed E-state index contributed by atoms with van der Waals surface area (Å²) < 4.78 is 19.8. The van der Waals surface area contributed by atoms with Crippen molar-refractivity contribution in [1.82, 2.24) is 9.80 Å². The first-order valence-corrected chi connectivity index (χ1v) is 9.78. The van der Waals surface area contributed by atoms with Crippen LogP contribution >= 0.6 is 24.8 Å². The predicted octanol–water partition coefficient (Wildman–Crippen LogP) is 5.25. The predicted molar refractivity (Wildman–Crippen MR) is 125 cm³/mol. The van der Waals surface area contributed by atoms with Gasteiger partial charge in [0.15, 0.2) is 0 Å². The van der Waals surface area contributed by atoms with Crippen molar-refractivity contribution < 1.29 is 9.13 Å². The third kappa shape index (κ3) is 8.35. The molecule has 0 aromatic heterocycles. The van der Waals surface area contributed by atoms with Gasteiger partial charge in [-0.05, 0) is 38.6 Å². The zero-order valence-corrected chi connectivity index (χ0v) is 18.6. The number of nitrogens with zero attached hydrogens (tertiary/aromatic N) is 2. The fraction of sp³-hybridized carbons (Fsp3) is 0.391. The molecular weight excluding hydrogens is 410 g/mol. The molecule has 0 saturated carbocycles. The first-order chi connectivity index (χ1) is 13.2. The molecule has 1 aliphatic heterocycles. The van der Waals surface area contributed by atoms with E-state index in [2.05, 4.69) is 16.8 Å². The van der Waals surface area contributed by atoms with Gasteiger partial charge in [0.25, 0.3) is 0 Å². The zero-order chi connectivity index (χ0) is 18.9. The smallest absolute Gasteiger partial charge is 0.130 e. The Balaban J connectivity index is 0.00000210. The maximum Gasteiger partial charge on any atom is 0.130 e. The first kappa shape index (κ1) is 25.4. The molecule has 0 N–H and O–H groups in total. The fourth-order valence-corrected chi connectivity index (χ4v) is 3.23. The van der Waals surface area contributed by atoms with E-state index in [4.69, 9.17) is 4.74 Å². The van der Waals surface area contributed by atoms with E-state index >= 15 is 0 Å². The van der Waals surface area contributed by atoms with Crippen molar-refractivity contribution in [3.05, 3.63) is 65.5 Å². The van der Waals surface area contributed by atoms with Crippen molar-refractivity contribution in [3.8, 4) is 5.75 Å². The number of ether oxygens (including phenoxy) is 1. The highest BCUT2D eigenvalue weighted by atomic mass is 35.5. The van der Waals surface area contributed by atoms with E-state index in [0.717, 1.165) is 43.8 Å². The van der Waals surface area contributed by atoms with Crippen molar-refractivity contribution in [2.75, 3.05) is 46.4 Å². The van der Waals surface area contributed by atoms with Crippen LogP contribution in [0.5, 0.6) is 5.75 Å². The number of piperazine rings is 1. The highest BCUT2D eigenvalue weighted by Gasteiger charge is 2.12. The van der Waals surface area contributed by atoms with Crippen LogP contribution in [0.4, 0.5) is 4.39 Å². The molecular formula is C23H31Cl2FN2O. The number of hydrogen-bond donors (Lipinski definition) is 0. The van der Waals surface area contributed by atoms with Crippen LogP contribution in [0.2, 0.25) is 0 Å². The average Bonchev–Trinajstić information content (AvgIpc) is 2.69. The number of hydrogen-bond acceptors (Lipinski definition) is 3. The molecule has 1 aliphatic rings. The SMILES string of the molecule is CN1CCN(CCCCOc2ccccc2/C=C/c2ccccc2F)CC1.Cl.Cl. The monoisotopic (exact) mass is 440 g/mol. The summed E-state index contributed by atoms with van der Waals surface area (Å²) >= 11 is 0.